The van der Waals surface area contributed by atoms with E-state index in [0.29, 0.717) is 5.92 Å². The first-order valence-electron chi connectivity index (χ1n) is 7.72. The van der Waals surface area contributed by atoms with Crippen LogP contribution in [0, 0.1) is 5.92 Å². The average molecular weight is 275 g/mol. The van der Waals surface area contributed by atoms with Crippen molar-refractivity contribution in [2.75, 3.05) is 7.05 Å². The Balaban J connectivity index is 0.000000198. The summed E-state index contributed by atoms with van der Waals surface area (Å²) in [5.41, 5.74) is 3.05. The fraction of sp³-hybridized carbons (Fsp3) is 0.667. The first-order valence-corrected chi connectivity index (χ1v) is 7.72. The molecular weight excluding hydrogens is 246 g/mol. The van der Waals surface area contributed by atoms with Crippen molar-refractivity contribution in [1.29, 1.82) is 0 Å². The molecule has 3 aliphatic rings. The zero-order valence-electron chi connectivity index (χ0n) is 13.8. The van der Waals surface area contributed by atoms with Gasteiger partial charge in [-0.2, -0.15) is 0 Å². The van der Waals surface area contributed by atoms with Gasteiger partial charge in [0, 0.05) is 17.0 Å². The lowest BCUT2D eigenvalue weighted by molar-refractivity contribution is -0.112. The third kappa shape index (κ3) is 2.51. The molecule has 112 valence electrons. The second-order valence-corrected chi connectivity index (χ2v) is 7.39. The van der Waals surface area contributed by atoms with Crippen LogP contribution in [0.1, 0.15) is 47.5 Å². The van der Waals surface area contributed by atoms with E-state index in [9.17, 15) is 5.11 Å². The molecule has 2 nitrogen and oxygen atoms in total. The van der Waals surface area contributed by atoms with Gasteiger partial charge in [0.2, 0.25) is 0 Å². The van der Waals surface area contributed by atoms with Gasteiger partial charge in [0.25, 0.3) is 0 Å². The van der Waals surface area contributed by atoms with Crippen molar-refractivity contribution in [2.45, 2.75) is 64.6 Å². The van der Waals surface area contributed by atoms with Gasteiger partial charge in [-0.15, -0.1) is 0 Å². The van der Waals surface area contributed by atoms with Gasteiger partial charge in [-0.25, -0.2) is 0 Å². The lowest BCUT2D eigenvalue weighted by atomic mass is 9.70. The highest BCUT2D eigenvalue weighted by atomic mass is 16.3. The molecule has 1 saturated heterocycles. The molecule has 3 rings (SSSR count). The smallest absolute Gasteiger partial charge is 0.0603 e. The number of hydrogen-bond acceptors (Lipinski definition) is 2. The minimum atomic E-state index is -0.152. The van der Waals surface area contributed by atoms with Crippen LogP contribution in [0.5, 0.6) is 0 Å². The Labute approximate surface area is 123 Å². The Bertz CT molecular complexity index is 436. The molecule has 1 heterocycles. The monoisotopic (exact) mass is 275 g/mol. The van der Waals surface area contributed by atoms with Gasteiger partial charge in [-0.1, -0.05) is 31.2 Å². The van der Waals surface area contributed by atoms with E-state index in [-0.39, 0.29) is 17.2 Å². The summed E-state index contributed by atoms with van der Waals surface area (Å²) < 4.78 is 0. The molecule has 1 aliphatic heterocycles. The van der Waals surface area contributed by atoms with Crippen LogP contribution >= 0.6 is 0 Å². The summed E-state index contributed by atoms with van der Waals surface area (Å²) in [6.07, 6.45) is 1.78. The Morgan fingerprint density at radius 2 is 1.55 bits per heavy atom. The van der Waals surface area contributed by atoms with Crippen molar-refractivity contribution >= 4 is 0 Å². The van der Waals surface area contributed by atoms with Crippen molar-refractivity contribution in [3.63, 3.8) is 0 Å². The maximum absolute atomic E-state index is 10.1. The summed E-state index contributed by atoms with van der Waals surface area (Å²) in [4.78, 5) is 2.42. The number of fused-ring (bicyclic) bond motifs is 1. The van der Waals surface area contributed by atoms with E-state index in [1.54, 1.807) is 0 Å². The lowest BCUT2D eigenvalue weighted by Gasteiger charge is -2.56. The molecule has 2 heteroatoms. The van der Waals surface area contributed by atoms with Crippen molar-refractivity contribution in [2.24, 2.45) is 5.92 Å². The highest BCUT2D eigenvalue weighted by Gasteiger charge is 2.48. The predicted octanol–water partition coefficient (Wildman–Crippen LogP) is 3.93. The SMILES string of the molecule is CCC1C(O)CC(C)(C)N(C)C1(C)C.c1cc2ccc1-2. The largest absolute Gasteiger partial charge is 0.393 e. The minimum absolute atomic E-state index is 0.0932. The van der Waals surface area contributed by atoms with Gasteiger partial charge in [0.15, 0.2) is 0 Å². The molecular formula is C18H29NO. The summed E-state index contributed by atoms with van der Waals surface area (Å²) >= 11 is 0. The molecule has 0 aromatic heterocycles. The molecule has 0 amide bonds. The summed E-state index contributed by atoms with van der Waals surface area (Å²) in [5.74, 6) is 0.389. The van der Waals surface area contributed by atoms with Crippen LogP contribution in [0.4, 0.5) is 0 Å². The van der Waals surface area contributed by atoms with E-state index in [4.69, 9.17) is 0 Å². The van der Waals surface area contributed by atoms with E-state index in [1.165, 1.54) is 11.1 Å². The molecule has 2 unspecified atom stereocenters. The van der Waals surface area contributed by atoms with Gasteiger partial charge in [0.05, 0.1) is 6.10 Å². The molecule has 0 aromatic carbocycles. The number of nitrogens with zero attached hydrogens (tertiary/aromatic N) is 1. The van der Waals surface area contributed by atoms with Crippen molar-refractivity contribution in [3.8, 4) is 11.1 Å². The number of likely N-dealkylation sites (tertiary alicyclic amines) is 1. The van der Waals surface area contributed by atoms with Crippen LogP contribution in [0.3, 0.4) is 0 Å². The highest BCUT2D eigenvalue weighted by molar-refractivity contribution is 5.75. The fourth-order valence-corrected chi connectivity index (χ4v) is 3.72. The van der Waals surface area contributed by atoms with E-state index in [2.05, 4.69) is 70.8 Å². The van der Waals surface area contributed by atoms with Crippen molar-refractivity contribution in [1.82, 2.24) is 4.90 Å². The summed E-state index contributed by atoms with van der Waals surface area (Å²) in [5, 5.41) is 10.1. The first kappa shape index (κ1) is 15.5. The molecule has 0 saturated carbocycles. The van der Waals surface area contributed by atoms with Crippen LogP contribution in [0.2, 0.25) is 0 Å². The first-order chi connectivity index (χ1) is 9.20. The third-order valence-corrected chi connectivity index (χ3v) is 5.51. The van der Waals surface area contributed by atoms with Gasteiger partial charge in [-0.05, 0) is 58.7 Å². The van der Waals surface area contributed by atoms with Crippen LogP contribution in [0.25, 0.3) is 11.1 Å². The molecule has 0 aromatic rings. The number of aliphatic hydroxyl groups is 1. The van der Waals surface area contributed by atoms with Crippen molar-refractivity contribution < 1.29 is 5.11 Å². The standard InChI is InChI=1S/C12H25NO.C6H4/c1-7-9-10(14)8-11(2,3)13(6)12(9,4)5;1-2-6-4-3-5(1)6/h9-10,14H,7-8H2,1-6H3;1-4H. The summed E-state index contributed by atoms with van der Waals surface area (Å²) in [6.45, 7) is 11.1. The molecule has 2 aliphatic carbocycles. The number of benzene rings is 1. The van der Waals surface area contributed by atoms with Crippen molar-refractivity contribution in [3.05, 3.63) is 24.3 Å². The molecule has 0 bridgehead atoms. The molecule has 0 spiro atoms. The van der Waals surface area contributed by atoms with Crippen LogP contribution in [0.15, 0.2) is 24.3 Å². The van der Waals surface area contributed by atoms with E-state index in [1.807, 2.05) is 0 Å². The second kappa shape index (κ2) is 5.16. The molecule has 1 N–H and O–H groups in total. The van der Waals surface area contributed by atoms with E-state index >= 15 is 0 Å². The highest BCUT2D eigenvalue weighted by Crippen LogP contribution is 2.42. The average Bonchev–Trinajstić information content (AvgIpc) is 2.32. The molecule has 2 atom stereocenters. The second-order valence-electron chi connectivity index (χ2n) is 7.39. The number of rotatable bonds is 1. The fourth-order valence-electron chi connectivity index (χ4n) is 3.72. The zero-order valence-corrected chi connectivity index (χ0v) is 13.8. The van der Waals surface area contributed by atoms with Crippen LogP contribution in [-0.4, -0.2) is 34.2 Å². The van der Waals surface area contributed by atoms with Gasteiger partial charge >= 0.3 is 0 Å². The molecule has 20 heavy (non-hydrogen) atoms. The van der Waals surface area contributed by atoms with Crippen LogP contribution < -0.4 is 0 Å². The predicted molar refractivity (Wildman–Crippen MR) is 85.8 cm³/mol. The molecule has 1 fully saturated rings. The lowest BCUT2D eigenvalue weighted by Crippen LogP contribution is -2.64. The number of hydrogen-bond donors (Lipinski definition) is 1. The number of piperidine rings is 1. The Hall–Kier alpha value is -0.860. The van der Waals surface area contributed by atoms with E-state index < -0.39 is 0 Å². The summed E-state index contributed by atoms with van der Waals surface area (Å²) in [7, 11) is 2.18. The third-order valence-electron chi connectivity index (χ3n) is 5.51. The van der Waals surface area contributed by atoms with Crippen LogP contribution in [-0.2, 0) is 0 Å². The quantitative estimate of drug-likeness (QED) is 0.852. The van der Waals surface area contributed by atoms with Gasteiger partial charge in [-0.3, -0.25) is 4.90 Å². The molecule has 0 radical (unpaired) electrons. The number of aliphatic hydroxyl groups excluding tert-OH is 1. The topological polar surface area (TPSA) is 23.5 Å². The summed E-state index contributed by atoms with van der Waals surface area (Å²) in [6, 6.07) is 8.48. The normalized spacial score (nSPS) is 29.4. The Morgan fingerprint density at radius 3 is 1.85 bits per heavy atom. The maximum Gasteiger partial charge on any atom is 0.0603 e. The maximum atomic E-state index is 10.1. The van der Waals surface area contributed by atoms with E-state index in [0.717, 1.165) is 12.8 Å². The zero-order chi connectivity index (χ0) is 15.1. The Morgan fingerprint density at radius 1 is 1.10 bits per heavy atom. The Kier molecular flexibility index (Phi) is 4.01. The van der Waals surface area contributed by atoms with Gasteiger partial charge in [0.1, 0.15) is 0 Å². The van der Waals surface area contributed by atoms with Gasteiger partial charge < -0.3 is 5.11 Å². The minimum Gasteiger partial charge on any atom is -0.393 e.